The highest BCUT2D eigenvalue weighted by Gasteiger charge is 2.15. The molecule has 0 bridgehead atoms. The van der Waals surface area contributed by atoms with E-state index in [0.717, 1.165) is 16.7 Å². The number of aromatic nitrogens is 4. The summed E-state index contributed by atoms with van der Waals surface area (Å²) in [5.41, 5.74) is 4.51. The van der Waals surface area contributed by atoms with Crippen LogP contribution in [0.5, 0.6) is 0 Å². The van der Waals surface area contributed by atoms with Crippen LogP contribution in [-0.4, -0.2) is 25.5 Å². The molecule has 0 aliphatic carbocycles. The lowest BCUT2D eigenvalue weighted by Crippen LogP contribution is -2.23. The van der Waals surface area contributed by atoms with Gasteiger partial charge < -0.3 is 5.32 Å². The van der Waals surface area contributed by atoms with E-state index in [1.807, 2.05) is 22.7 Å². The Morgan fingerprint density at radius 2 is 1.78 bits per heavy atom. The number of H-pyrrole nitrogens is 1. The first kappa shape index (κ1) is 19.6. The van der Waals surface area contributed by atoms with Crippen LogP contribution >= 0.6 is 0 Å². The summed E-state index contributed by atoms with van der Waals surface area (Å²) in [6.07, 6.45) is 7.08. The highest BCUT2D eigenvalue weighted by molar-refractivity contribution is 5.95. The summed E-state index contributed by atoms with van der Waals surface area (Å²) in [6.45, 7) is 0.171. The number of carbonyl (C=O) groups is 1. The van der Waals surface area contributed by atoms with Crippen LogP contribution in [0, 0.1) is 11.6 Å². The molecular weight excluding hydrogens is 412 g/mol. The summed E-state index contributed by atoms with van der Waals surface area (Å²) in [6, 6.07) is 14.0. The van der Waals surface area contributed by atoms with Crippen molar-refractivity contribution in [1.29, 1.82) is 0 Å². The lowest BCUT2D eigenvalue weighted by atomic mass is 10.1. The third-order valence-corrected chi connectivity index (χ3v) is 5.21. The number of pyridine rings is 1. The van der Waals surface area contributed by atoms with Crippen molar-refractivity contribution in [3.63, 3.8) is 0 Å². The molecule has 0 atom stereocenters. The van der Waals surface area contributed by atoms with E-state index < -0.39 is 11.7 Å². The third-order valence-electron chi connectivity index (χ3n) is 5.21. The summed E-state index contributed by atoms with van der Waals surface area (Å²) < 4.78 is 29.7. The van der Waals surface area contributed by atoms with Gasteiger partial charge in [0.25, 0.3) is 5.91 Å². The molecular formula is C24H17F2N5O. The number of imidazole rings is 1. The number of hydrogen-bond acceptors (Lipinski definition) is 3. The van der Waals surface area contributed by atoms with Gasteiger partial charge in [-0.05, 0) is 42.0 Å². The molecule has 32 heavy (non-hydrogen) atoms. The number of halogens is 2. The fourth-order valence-corrected chi connectivity index (χ4v) is 3.51. The first-order valence-electron chi connectivity index (χ1n) is 9.87. The van der Waals surface area contributed by atoms with Gasteiger partial charge in [-0.3, -0.25) is 14.3 Å². The molecule has 6 nitrogen and oxygen atoms in total. The Bertz CT molecular complexity index is 1410. The van der Waals surface area contributed by atoms with Gasteiger partial charge in [0.1, 0.15) is 17.3 Å². The molecule has 2 N–H and O–H groups in total. The van der Waals surface area contributed by atoms with Crippen LogP contribution < -0.4 is 5.32 Å². The highest BCUT2D eigenvalue weighted by Crippen LogP contribution is 2.26. The van der Waals surface area contributed by atoms with Gasteiger partial charge in [0.2, 0.25) is 0 Å². The predicted molar refractivity (Wildman–Crippen MR) is 116 cm³/mol. The van der Waals surface area contributed by atoms with Crippen molar-refractivity contribution >= 4 is 11.6 Å². The van der Waals surface area contributed by atoms with Gasteiger partial charge in [-0.15, -0.1) is 0 Å². The minimum Gasteiger partial charge on any atom is -0.348 e. The number of aromatic amines is 1. The lowest BCUT2D eigenvalue weighted by molar-refractivity contribution is 0.0947. The first-order chi connectivity index (χ1) is 15.6. The maximum absolute atomic E-state index is 14.8. The van der Waals surface area contributed by atoms with Crippen molar-refractivity contribution in [2.24, 2.45) is 0 Å². The Labute approximate surface area is 181 Å². The molecule has 0 radical (unpaired) electrons. The average molecular weight is 429 g/mol. The highest BCUT2D eigenvalue weighted by atomic mass is 19.1. The smallest absolute Gasteiger partial charge is 0.254 e. The Kier molecular flexibility index (Phi) is 4.95. The van der Waals surface area contributed by atoms with Crippen LogP contribution in [0.4, 0.5) is 8.78 Å². The Morgan fingerprint density at radius 3 is 2.53 bits per heavy atom. The van der Waals surface area contributed by atoms with Crippen LogP contribution in [0.25, 0.3) is 28.0 Å². The second-order valence-corrected chi connectivity index (χ2v) is 7.28. The van der Waals surface area contributed by atoms with Gasteiger partial charge in [-0.1, -0.05) is 18.2 Å². The molecule has 3 heterocycles. The monoisotopic (exact) mass is 429 g/mol. The van der Waals surface area contributed by atoms with E-state index in [9.17, 15) is 13.6 Å². The molecule has 0 unspecified atom stereocenters. The van der Waals surface area contributed by atoms with Gasteiger partial charge in [0.05, 0.1) is 23.7 Å². The van der Waals surface area contributed by atoms with E-state index in [1.54, 1.807) is 36.8 Å². The molecule has 1 amide bonds. The molecule has 3 aromatic heterocycles. The summed E-state index contributed by atoms with van der Waals surface area (Å²) in [4.78, 5) is 16.8. The number of hydrogen-bond donors (Lipinski definition) is 2. The van der Waals surface area contributed by atoms with Crippen molar-refractivity contribution in [2.45, 2.75) is 6.54 Å². The largest absolute Gasteiger partial charge is 0.348 e. The SMILES string of the molecule is O=C(NCc1ccc(F)cc1)c1ccc(-c2cnc3ccc(-c4cn[nH]c4)cn23)cc1F. The van der Waals surface area contributed by atoms with E-state index >= 15 is 0 Å². The molecule has 0 spiro atoms. The van der Waals surface area contributed by atoms with Crippen molar-refractivity contribution in [2.75, 3.05) is 0 Å². The van der Waals surface area contributed by atoms with E-state index in [1.165, 1.54) is 24.3 Å². The number of nitrogens with zero attached hydrogens (tertiary/aromatic N) is 3. The van der Waals surface area contributed by atoms with E-state index in [-0.39, 0.29) is 17.9 Å². The molecule has 0 saturated heterocycles. The molecule has 0 aliphatic rings. The summed E-state index contributed by atoms with van der Waals surface area (Å²) >= 11 is 0. The molecule has 2 aromatic carbocycles. The second-order valence-electron chi connectivity index (χ2n) is 7.28. The normalized spacial score (nSPS) is 11.1. The molecule has 0 aliphatic heterocycles. The van der Waals surface area contributed by atoms with Gasteiger partial charge in [-0.25, -0.2) is 13.8 Å². The zero-order chi connectivity index (χ0) is 22.1. The fraction of sp³-hybridized carbons (Fsp3) is 0.0417. The number of amides is 1. The molecule has 5 rings (SSSR count). The third kappa shape index (κ3) is 3.74. The molecule has 8 heteroatoms. The van der Waals surface area contributed by atoms with Crippen LogP contribution in [0.2, 0.25) is 0 Å². The zero-order valence-electron chi connectivity index (χ0n) is 16.7. The van der Waals surface area contributed by atoms with Gasteiger partial charge in [0.15, 0.2) is 0 Å². The summed E-state index contributed by atoms with van der Waals surface area (Å²) in [5, 5.41) is 9.41. The number of benzene rings is 2. The van der Waals surface area contributed by atoms with Crippen LogP contribution in [-0.2, 0) is 6.54 Å². The number of rotatable bonds is 5. The fourth-order valence-electron chi connectivity index (χ4n) is 3.51. The maximum Gasteiger partial charge on any atom is 0.254 e. The van der Waals surface area contributed by atoms with E-state index in [4.69, 9.17) is 0 Å². The minimum atomic E-state index is -0.639. The van der Waals surface area contributed by atoms with Crippen LogP contribution in [0.15, 0.2) is 79.4 Å². The Balaban J connectivity index is 1.40. The van der Waals surface area contributed by atoms with Gasteiger partial charge >= 0.3 is 0 Å². The topological polar surface area (TPSA) is 75.1 Å². The zero-order valence-corrected chi connectivity index (χ0v) is 16.7. The first-order valence-corrected chi connectivity index (χ1v) is 9.87. The van der Waals surface area contributed by atoms with Crippen molar-refractivity contribution in [3.05, 3.63) is 102 Å². The minimum absolute atomic E-state index is 0.0660. The Hall–Kier alpha value is -4.33. The average Bonchev–Trinajstić information content (AvgIpc) is 3.48. The van der Waals surface area contributed by atoms with Crippen LogP contribution in [0.1, 0.15) is 15.9 Å². The molecule has 0 saturated carbocycles. The Morgan fingerprint density at radius 1 is 0.969 bits per heavy atom. The number of carbonyl (C=O) groups excluding carboxylic acids is 1. The summed E-state index contributed by atoms with van der Waals surface area (Å²) in [7, 11) is 0. The van der Waals surface area contributed by atoms with Gasteiger partial charge in [-0.2, -0.15) is 5.10 Å². The maximum atomic E-state index is 14.8. The van der Waals surface area contributed by atoms with Crippen molar-refractivity contribution in [3.8, 4) is 22.4 Å². The van der Waals surface area contributed by atoms with Crippen molar-refractivity contribution in [1.82, 2.24) is 24.9 Å². The molecule has 0 fully saturated rings. The van der Waals surface area contributed by atoms with Crippen molar-refractivity contribution < 1.29 is 13.6 Å². The van der Waals surface area contributed by atoms with Crippen LogP contribution in [0.3, 0.4) is 0 Å². The quantitative estimate of drug-likeness (QED) is 0.429. The van der Waals surface area contributed by atoms with Gasteiger partial charge in [0, 0.05) is 35.6 Å². The summed E-state index contributed by atoms with van der Waals surface area (Å²) in [5.74, 6) is -1.54. The lowest BCUT2D eigenvalue weighted by Gasteiger charge is -2.09. The number of nitrogens with one attached hydrogen (secondary N) is 2. The second kappa shape index (κ2) is 8.07. The van der Waals surface area contributed by atoms with E-state index in [0.29, 0.717) is 16.9 Å². The molecule has 5 aromatic rings. The molecule has 158 valence electrons. The predicted octanol–water partition coefficient (Wildman–Crippen LogP) is 4.60. The standard InChI is InChI=1S/C24H17F2N5O/c25-19-5-1-15(2-6-19)10-28-24(32)20-7-3-16(9-21(20)26)22-13-27-23-8-4-17(14-31(22)23)18-11-29-30-12-18/h1-9,11-14H,10H2,(H,28,32)(H,29,30). The number of fused-ring (bicyclic) bond motifs is 1. The van der Waals surface area contributed by atoms with E-state index in [2.05, 4.69) is 20.5 Å².